The molecule has 1 spiro atoms. The van der Waals surface area contributed by atoms with Crippen molar-refractivity contribution < 1.29 is 22.6 Å². The van der Waals surface area contributed by atoms with Crippen LogP contribution in [0.15, 0.2) is 36.7 Å². The number of sulfonamides is 1. The van der Waals surface area contributed by atoms with Crippen LogP contribution in [0.25, 0.3) is 22.2 Å². The monoisotopic (exact) mass is 633 g/mol. The predicted molar refractivity (Wildman–Crippen MR) is 170 cm³/mol. The molecular formula is C32H39N7O5S. The first-order chi connectivity index (χ1) is 21.5. The number of hydrogen-bond acceptors (Lipinski definition) is 10. The maximum absolute atomic E-state index is 11.8. The van der Waals surface area contributed by atoms with Crippen molar-refractivity contribution in [1.82, 2.24) is 29.3 Å². The lowest BCUT2D eigenvalue weighted by molar-refractivity contribution is -0.0365. The van der Waals surface area contributed by atoms with Crippen LogP contribution >= 0.6 is 0 Å². The minimum atomic E-state index is -3.13. The second kappa shape index (κ2) is 11.2. The predicted octanol–water partition coefficient (Wildman–Crippen LogP) is 4.43. The number of fused-ring (bicyclic) bond motifs is 1. The van der Waals surface area contributed by atoms with E-state index in [0.29, 0.717) is 31.2 Å². The van der Waals surface area contributed by atoms with Crippen LogP contribution in [0.4, 0.5) is 5.82 Å². The van der Waals surface area contributed by atoms with Crippen molar-refractivity contribution in [3.8, 4) is 22.8 Å². The molecule has 3 aliphatic heterocycles. The van der Waals surface area contributed by atoms with Crippen LogP contribution in [0.2, 0.25) is 0 Å². The number of rotatable bonds is 8. The lowest BCUT2D eigenvalue weighted by Gasteiger charge is -2.59. The van der Waals surface area contributed by atoms with E-state index in [9.17, 15) is 8.42 Å². The molecule has 13 heteroatoms. The molecule has 0 aliphatic carbocycles. The van der Waals surface area contributed by atoms with E-state index < -0.39 is 10.0 Å². The van der Waals surface area contributed by atoms with Gasteiger partial charge in [-0.15, -0.1) is 0 Å². The Balaban J connectivity index is 1.21. The van der Waals surface area contributed by atoms with Crippen molar-refractivity contribution in [1.29, 1.82) is 0 Å². The Labute approximate surface area is 263 Å². The van der Waals surface area contributed by atoms with Crippen molar-refractivity contribution in [2.45, 2.75) is 52.4 Å². The minimum absolute atomic E-state index is 0.0361. The van der Waals surface area contributed by atoms with E-state index >= 15 is 0 Å². The summed E-state index contributed by atoms with van der Waals surface area (Å²) in [4.78, 5) is 7.01. The summed E-state index contributed by atoms with van der Waals surface area (Å²) < 4.78 is 45.7. The number of hydrogen-bond donors (Lipinski definition) is 0. The zero-order chi connectivity index (χ0) is 31.5. The van der Waals surface area contributed by atoms with Crippen LogP contribution in [0.3, 0.4) is 0 Å². The van der Waals surface area contributed by atoms with E-state index in [1.807, 2.05) is 55.9 Å². The van der Waals surface area contributed by atoms with Crippen LogP contribution in [0.5, 0.6) is 11.5 Å². The molecule has 2 atom stereocenters. The van der Waals surface area contributed by atoms with Gasteiger partial charge in [0.2, 0.25) is 10.0 Å². The molecule has 4 aromatic rings. The van der Waals surface area contributed by atoms with Gasteiger partial charge in [0.25, 0.3) is 0 Å². The standard InChI is InChI=1S/C32H39N7O5S/c1-20-14-34-35-21(2)30(20)22(3)44-27-12-24-25(13-26(27)42-4)39(29-8-6-7-11-43-29)36-31(24)23-9-10-28(33-15-23)37-16-32(17-37)18-38(19-32)45(5,40)41/h9-10,12-15,22,29H,6-8,11,16-19H2,1-5H3/t22-,29?/m1/s1. The van der Waals surface area contributed by atoms with Crippen LogP contribution in [0, 0.1) is 19.3 Å². The van der Waals surface area contributed by atoms with Gasteiger partial charge in [-0.05, 0) is 63.8 Å². The summed E-state index contributed by atoms with van der Waals surface area (Å²) in [5.41, 5.74) is 5.46. The smallest absolute Gasteiger partial charge is 0.211 e. The van der Waals surface area contributed by atoms with Crippen molar-refractivity contribution >= 4 is 26.7 Å². The fourth-order valence-corrected chi connectivity index (χ4v) is 8.01. The molecule has 3 aromatic heterocycles. The van der Waals surface area contributed by atoms with Crippen molar-refractivity contribution in [3.05, 3.63) is 53.5 Å². The quantitative estimate of drug-likeness (QED) is 0.275. The highest BCUT2D eigenvalue weighted by molar-refractivity contribution is 7.88. The number of aromatic nitrogens is 5. The first-order valence-corrected chi connectivity index (χ1v) is 17.2. The summed E-state index contributed by atoms with van der Waals surface area (Å²) in [5, 5.41) is 14.3. The molecule has 3 saturated heterocycles. The van der Waals surface area contributed by atoms with Gasteiger partial charge in [0.15, 0.2) is 17.7 Å². The Morgan fingerprint density at radius 1 is 1.07 bits per heavy atom. The van der Waals surface area contributed by atoms with Gasteiger partial charge in [-0.2, -0.15) is 15.3 Å². The Hall–Kier alpha value is -3.81. The average Bonchev–Trinajstić information content (AvgIpc) is 3.33. The summed E-state index contributed by atoms with van der Waals surface area (Å²) in [5.74, 6) is 2.09. The summed E-state index contributed by atoms with van der Waals surface area (Å²) in [6, 6.07) is 8.05. The second-order valence-corrected chi connectivity index (χ2v) is 14.7. The highest BCUT2D eigenvalue weighted by atomic mass is 32.2. The maximum Gasteiger partial charge on any atom is 0.211 e. The van der Waals surface area contributed by atoms with E-state index in [-0.39, 0.29) is 17.7 Å². The highest BCUT2D eigenvalue weighted by Gasteiger charge is 2.54. The van der Waals surface area contributed by atoms with Crippen LogP contribution in [-0.4, -0.2) is 83.8 Å². The number of aryl methyl sites for hydroxylation is 2. The molecule has 3 fully saturated rings. The number of methoxy groups -OCH3 is 1. The van der Waals surface area contributed by atoms with Crippen LogP contribution in [-0.2, 0) is 14.8 Å². The third-order valence-corrected chi connectivity index (χ3v) is 10.5. The molecule has 12 nitrogen and oxygen atoms in total. The first kappa shape index (κ1) is 29.9. The Bertz CT molecular complexity index is 1820. The number of anilines is 1. The Kier molecular flexibility index (Phi) is 7.45. The molecule has 0 N–H and O–H groups in total. The fourth-order valence-electron chi connectivity index (χ4n) is 6.99. The molecule has 7 rings (SSSR count). The van der Waals surface area contributed by atoms with Crippen molar-refractivity contribution in [3.63, 3.8) is 0 Å². The van der Waals surface area contributed by atoms with E-state index in [0.717, 1.165) is 77.2 Å². The van der Waals surface area contributed by atoms with E-state index in [1.165, 1.54) is 6.26 Å². The van der Waals surface area contributed by atoms with Crippen LogP contribution in [0.1, 0.15) is 55.3 Å². The second-order valence-electron chi connectivity index (χ2n) is 12.7. The van der Waals surface area contributed by atoms with Gasteiger partial charge in [0.1, 0.15) is 17.6 Å². The average molecular weight is 634 g/mol. The minimum Gasteiger partial charge on any atom is -0.493 e. The van der Waals surface area contributed by atoms with Gasteiger partial charge in [0, 0.05) is 67.0 Å². The van der Waals surface area contributed by atoms with E-state index in [1.54, 1.807) is 17.6 Å². The lowest BCUT2D eigenvalue weighted by atomic mass is 9.74. The molecular weight excluding hydrogens is 594 g/mol. The summed E-state index contributed by atoms with van der Waals surface area (Å²) in [6.45, 7) is 9.41. The number of ether oxygens (including phenoxy) is 3. The third-order valence-electron chi connectivity index (χ3n) is 9.29. The molecule has 1 unspecified atom stereocenters. The van der Waals surface area contributed by atoms with E-state index in [2.05, 4.69) is 15.1 Å². The maximum atomic E-state index is 11.8. The summed E-state index contributed by atoms with van der Waals surface area (Å²) in [6.07, 6.45) is 7.43. The number of pyridine rings is 1. The molecule has 1 aromatic carbocycles. The fraction of sp³-hybridized carbons (Fsp3) is 0.500. The van der Waals surface area contributed by atoms with Gasteiger partial charge in [-0.3, -0.25) is 0 Å². The lowest BCUT2D eigenvalue weighted by Crippen LogP contribution is -2.73. The van der Waals surface area contributed by atoms with E-state index in [4.69, 9.17) is 24.3 Å². The zero-order valence-electron chi connectivity index (χ0n) is 26.4. The molecule has 3 aliphatic rings. The van der Waals surface area contributed by atoms with Gasteiger partial charge in [-0.25, -0.2) is 22.4 Å². The first-order valence-electron chi connectivity index (χ1n) is 15.4. The molecule has 238 valence electrons. The van der Waals surface area contributed by atoms with Crippen molar-refractivity contribution in [2.24, 2.45) is 5.41 Å². The summed E-state index contributed by atoms with van der Waals surface area (Å²) >= 11 is 0. The normalized spacial score (nSPS) is 20.6. The topological polar surface area (TPSA) is 125 Å². The highest BCUT2D eigenvalue weighted by Crippen LogP contribution is 2.44. The Morgan fingerprint density at radius 3 is 2.51 bits per heavy atom. The molecule has 0 bridgehead atoms. The SMILES string of the molecule is COc1cc2c(cc1O[C@H](C)c1c(C)cnnc1C)c(-c1ccc(N3CC4(C3)CN(S(C)(=O)=O)C4)nc1)nn2C1CCCCO1. The van der Waals surface area contributed by atoms with Gasteiger partial charge in [-0.1, -0.05) is 0 Å². The molecule has 45 heavy (non-hydrogen) atoms. The van der Waals surface area contributed by atoms with Gasteiger partial charge >= 0.3 is 0 Å². The van der Waals surface area contributed by atoms with Crippen LogP contribution < -0.4 is 14.4 Å². The molecule has 0 saturated carbocycles. The third kappa shape index (κ3) is 5.40. The summed E-state index contributed by atoms with van der Waals surface area (Å²) in [7, 11) is -1.48. The molecule has 6 heterocycles. The molecule has 0 amide bonds. The van der Waals surface area contributed by atoms with Crippen molar-refractivity contribution in [2.75, 3.05) is 51.1 Å². The van der Waals surface area contributed by atoms with Gasteiger partial charge < -0.3 is 19.1 Å². The zero-order valence-corrected chi connectivity index (χ0v) is 27.2. The van der Waals surface area contributed by atoms with Gasteiger partial charge in [0.05, 0.1) is 30.8 Å². The largest absolute Gasteiger partial charge is 0.493 e. The number of benzene rings is 1. The number of nitrogens with zero attached hydrogens (tertiary/aromatic N) is 7. The Morgan fingerprint density at radius 2 is 1.87 bits per heavy atom. The molecule has 0 radical (unpaired) electrons.